The minimum atomic E-state index is -4.15. The molecule has 1 saturated heterocycles. The summed E-state index contributed by atoms with van der Waals surface area (Å²) in [5.41, 5.74) is 9.73. The molecule has 0 radical (unpaired) electrons. The Bertz CT molecular complexity index is 1860. The molecule has 0 amide bonds. The fraction of sp³-hybridized carbons (Fsp3) is 0.412. The Morgan fingerprint density at radius 3 is 2.42 bits per heavy atom. The van der Waals surface area contributed by atoms with Crippen molar-refractivity contribution in [3.63, 3.8) is 0 Å². The second-order valence-electron chi connectivity index (χ2n) is 11.9. The molecule has 7 rings (SSSR count). The molecule has 2 aromatic heterocycles. The van der Waals surface area contributed by atoms with Gasteiger partial charge in [-0.1, -0.05) is 29.4 Å². The van der Waals surface area contributed by atoms with Crippen LogP contribution in [0.5, 0.6) is 5.75 Å². The summed E-state index contributed by atoms with van der Waals surface area (Å²) in [7, 11) is -4.15. The molecule has 3 aliphatic heterocycles. The number of aliphatic carboxylic acids is 1. The molecule has 4 aromatic rings. The van der Waals surface area contributed by atoms with Gasteiger partial charge in [0.25, 0.3) is 0 Å². The van der Waals surface area contributed by atoms with Crippen molar-refractivity contribution in [3.8, 4) is 39.7 Å². The first-order valence-corrected chi connectivity index (χ1v) is 17.8. The van der Waals surface area contributed by atoms with Gasteiger partial charge >= 0.3 is 5.97 Å². The van der Waals surface area contributed by atoms with Gasteiger partial charge < -0.3 is 39.6 Å². The Morgan fingerprint density at radius 1 is 0.920 bits per heavy atom. The van der Waals surface area contributed by atoms with Crippen molar-refractivity contribution in [1.29, 1.82) is 0 Å². The quantitative estimate of drug-likeness (QED) is 0.247. The van der Waals surface area contributed by atoms with Gasteiger partial charge in [-0.25, -0.2) is 18.4 Å². The molecule has 5 heterocycles. The molecule has 2 aromatic carbocycles. The number of nitrogen functional groups attached to an aromatic ring is 1. The number of carboxylic acids is 1. The summed E-state index contributed by atoms with van der Waals surface area (Å²) >= 11 is 0. The first kappa shape index (κ1) is 35.4. The van der Waals surface area contributed by atoms with Crippen LogP contribution in [0, 0.1) is 5.92 Å². The Morgan fingerprint density at radius 2 is 1.64 bits per heavy atom. The first-order valence-electron chi connectivity index (χ1n) is 16.4. The summed E-state index contributed by atoms with van der Waals surface area (Å²) in [4.78, 5) is 20.4. The van der Waals surface area contributed by atoms with Crippen LogP contribution >= 0.6 is 0 Å². The molecule has 0 atom stereocenters. The Labute approximate surface area is 289 Å². The van der Waals surface area contributed by atoms with Crippen molar-refractivity contribution < 1.29 is 41.8 Å². The summed E-state index contributed by atoms with van der Waals surface area (Å²) in [6.45, 7) is 3.14. The molecule has 16 heteroatoms. The topological polar surface area (TPSA) is 201 Å². The maximum absolute atomic E-state index is 13.4. The van der Waals surface area contributed by atoms with E-state index in [1.54, 1.807) is 18.2 Å². The lowest BCUT2D eigenvalue weighted by Gasteiger charge is -2.22. The van der Waals surface area contributed by atoms with E-state index in [1.165, 1.54) is 18.3 Å². The molecule has 50 heavy (non-hydrogen) atoms. The van der Waals surface area contributed by atoms with Gasteiger partial charge in [0.1, 0.15) is 24.6 Å². The normalized spacial score (nSPS) is 17.8. The second-order valence-corrected chi connectivity index (χ2v) is 13.8. The molecule has 4 N–H and O–H groups in total. The highest BCUT2D eigenvalue weighted by molar-refractivity contribution is 7.89. The van der Waals surface area contributed by atoms with Gasteiger partial charge in [-0.15, -0.1) is 0 Å². The second kappa shape index (κ2) is 16.5. The van der Waals surface area contributed by atoms with Gasteiger partial charge in [0, 0.05) is 49.1 Å². The molecule has 0 aliphatic carbocycles. The number of carboxylic acid groups (broad SMARTS) is 1. The lowest BCUT2D eigenvalue weighted by molar-refractivity contribution is -0.137. The zero-order valence-electron chi connectivity index (χ0n) is 27.5. The Balaban J connectivity index is 1.28. The van der Waals surface area contributed by atoms with E-state index < -0.39 is 22.5 Å². The maximum Gasteiger partial charge on any atom is 0.318 e. The van der Waals surface area contributed by atoms with Crippen LogP contribution in [0.15, 0.2) is 64.1 Å². The van der Waals surface area contributed by atoms with Gasteiger partial charge in [0.15, 0.2) is 17.3 Å². The lowest BCUT2D eigenvalue weighted by Crippen LogP contribution is -2.38. The number of rotatable bonds is 6. The van der Waals surface area contributed by atoms with Crippen LogP contribution in [0.2, 0.25) is 0 Å². The van der Waals surface area contributed by atoms with Crippen molar-refractivity contribution in [2.45, 2.75) is 24.3 Å². The number of nitrogens with zero attached hydrogens (tertiary/aromatic N) is 4. The van der Waals surface area contributed by atoms with Crippen LogP contribution in [0.25, 0.3) is 34.0 Å². The molecule has 15 nitrogen and oxygen atoms in total. The number of fused-ring (bicyclic) bond motifs is 12. The van der Waals surface area contributed by atoms with Gasteiger partial charge in [-0.3, -0.25) is 4.79 Å². The average molecular weight is 709 g/mol. The molecule has 3 aliphatic rings. The number of aromatic nitrogens is 3. The summed E-state index contributed by atoms with van der Waals surface area (Å²) in [6, 6.07) is 13.5. The number of hydrogen-bond acceptors (Lipinski definition) is 13. The molecule has 266 valence electrons. The minimum absolute atomic E-state index is 0.0207. The van der Waals surface area contributed by atoms with E-state index in [2.05, 4.69) is 20.4 Å². The third-order valence-corrected chi connectivity index (χ3v) is 10.3. The fourth-order valence-corrected chi connectivity index (χ4v) is 7.05. The predicted octanol–water partition coefficient (Wildman–Crippen LogP) is 3.06. The van der Waals surface area contributed by atoms with Crippen LogP contribution in [0.4, 0.5) is 5.82 Å². The van der Waals surface area contributed by atoms with E-state index in [-0.39, 0.29) is 56.0 Å². The van der Waals surface area contributed by atoms with Crippen molar-refractivity contribution in [1.82, 2.24) is 24.7 Å². The van der Waals surface area contributed by atoms with E-state index in [9.17, 15) is 18.3 Å². The molecule has 0 spiro atoms. The monoisotopic (exact) mass is 708 g/mol. The van der Waals surface area contributed by atoms with Crippen molar-refractivity contribution in [3.05, 3.63) is 60.3 Å². The van der Waals surface area contributed by atoms with Crippen molar-refractivity contribution in [2.75, 3.05) is 71.6 Å². The van der Waals surface area contributed by atoms with E-state index in [0.717, 1.165) is 48.0 Å². The SMILES string of the molecule is Nc1ncc2nc1-c1cc(no1)-c1ccc(CNCC3CCOCC3)c(c1)OCCOCCOCCN(CC(=O)O)S(=O)(=O)c1ccc-2cc1. The number of benzene rings is 2. The van der Waals surface area contributed by atoms with Crippen LogP contribution in [0.3, 0.4) is 0 Å². The summed E-state index contributed by atoms with van der Waals surface area (Å²) in [5, 5.41) is 17.2. The summed E-state index contributed by atoms with van der Waals surface area (Å²) < 4.78 is 56.3. The zero-order valence-corrected chi connectivity index (χ0v) is 28.3. The van der Waals surface area contributed by atoms with Crippen LogP contribution in [0.1, 0.15) is 18.4 Å². The number of nitrogens with two attached hydrogens (primary N) is 1. The number of ether oxygens (including phenoxy) is 4. The van der Waals surface area contributed by atoms with Gasteiger partial charge in [-0.05, 0) is 43.5 Å². The van der Waals surface area contributed by atoms with Crippen molar-refractivity contribution in [2.24, 2.45) is 5.92 Å². The van der Waals surface area contributed by atoms with E-state index in [1.807, 2.05) is 18.2 Å². The molecule has 8 bridgehead atoms. The number of hydrogen-bond donors (Lipinski definition) is 3. The first-order chi connectivity index (χ1) is 24.3. The molecule has 0 unspecified atom stereocenters. The lowest BCUT2D eigenvalue weighted by atomic mass is 10.0. The highest BCUT2D eigenvalue weighted by Gasteiger charge is 2.27. The smallest absolute Gasteiger partial charge is 0.318 e. The number of anilines is 1. The third kappa shape index (κ3) is 8.82. The molecule has 1 fully saturated rings. The number of carbonyl (C=O) groups is 1. The molecule has 0 saturated carbocycles. The zero-order chi connectivity index (χ0) is 34.9. The fourth-order valence-electron chi connectivity index (χ4n) is 5.68. The average Bonchev–Trinajstić information content (AvgIpc) is 3.61. The van der Waals surface area contributed by atoms with Crippen LogP contribution < -0.4 is 15.8 Å². The number of sulfonamides is 1. The van der Waals surface area contributed by atoms with Crippen LogP contribution in [-0.2, 0) is 35.6 Å². The van der Waals surface area contributed by atoms with E-state index in [0.29, 0.717) is 40.9 Å². The largest absolute Gasteiger partial charge is 0.491 e. The highest BCUT2D eigenvalue weighted by atomic mass is 32.2. The van der Waals surface area contributed by atoms with E-state index >= 15 is 0 Å². The minimum Gasteiger partial charge on any atom is -0.491 e. The van der Waals surface area contributed by atoms with Gasteiger partial charge in [0.2, 0.25) is 10.0 Å². The van der Waals surface area contributed by atoms with E-state index in [4.69, 9.17) is 29.2 Å². The summed E-state index contributed by atoms with van der Waals surface area (Å²) in [6.07, 6.45) is 3.54. The van der Waals surface area contributed by atoms with Gasteiger partial charge in [-0.2, -0.15) is 4.31 Å². The molecular formula is C34H40N6O9S. The predicted molar refractivity (Wildman–Crippen MR) is 182 cm³/mol. The Kier molecular flexibility index (Phi) is 11.7. The third-order valence-electron chi connectivity index (χ3n) is 8.44. The standard InChI is InChI=1S/C34H40N6O9S/c35-34-33-31-18-28(39-49-31)25-1-2-26(20-36-19-23-7-10-45-11-8-23)30(17-25)48-16-15-47-14-13-46-12-9-40(22-32(41)42)50(43,44)27-5-3-24(4-6-27)29(38-33)21-37-34/h1-6,17-18,21,23,36H,7-16,19-20,22H2,(H2,35,37)(H,41,42). The van der Waals surface area contributed by atoms with Gasteiger partial charge in [0.05, 0.1) is 43.2 Å². The Hall–Kier alpha value is -4.45. The van der Waals surface area contributed by atoms with Crippen LogP contribution in [-0.4, -0.2) is 105 Å². The number of nitrogens with one attached hydrogen (secondary N) is 1. The summed E-state index contributed by atoms with van der Waals surface area (Å²) in [5.74, 6) is 0.372. The molecular weight excluding hydrogens is 668 g/mol. The van der Waals surface area contributed by atoms with Crippen molar-refractivity contribution >= 4 is 21.8 Å². The maximum atomic E-state index is 13.4. The highest BCUT2D eigenvalue weighted by Crippen LogP contribution is 2.32.